The van der Waals surface area contributed by atoms with Crippen LogP contribution in [-0.4, -0.2) is 37.2 Å². The first-order valence-corrected chi connectivity index (χ1v) is 6.39. The number of likely N-dealkylation sites (N-methyl/N-ethyl adjacent to an activating group) is 1. The van der Waals surface area contributed by atoms with Gasteiger partial charge in [-0.05, 0) is 18.2 Å². The van der Waals surface area contributed by atoms with Gasteiger partial charge in [-0.2, -0.15) is 0 Å². The van der Waals surface area contributed by atoms with Gasteiger partial charge in [0.2, 0.25) is 0 Å². The normalized spacial score (nSPS) is 11.1. The molecule has 0 spiro atoms. The van der Waals surface area contributed by atoms with Crippen molar-refractivity contribution in [3.05, 3.63) is 29.0 Å². The van der Waals surface area contributed by atoms with Crippen LogP contribution in [0.4, 0.5) is 5.82 Å². The summed E-state index contributed by atoms with van der Waals surface area (Å²) in [6.45, 7) is 1.96. The van der Waals surface area contributed by atoms with Crippen molar-refractivity contribution in [2.75, 3.05) is 32.5 Å². The fraction of sp³-hybridized carbons (Fsp3) is 0.333. The zero-order valence-electron chi connectivity index (χ0n) is 10.00. The van der Waals surface area contributed by atoms with Gasteiger partial charge in [-0.3, -0.25) is 0 Å². The summed E-state index contributed by atoms with van der Waals surface area (Å²) in [5.41, 5.74) is 0.961. The lowest BCUT2D eigenvalue weighted by Crippen LogP contribution is -3.06. The van der Waals surface area contributed by atoms with Crippen LogP contribution in [0.2, 0.25) is 0 Å². The summed E-state index contributed by atoms with van der Waals surface area (Å²) in [4.78, 5) is 9.96. The van der Waals surface area contributed by atoms with Crippen molar-refractivity contribution in [2.24, 2.45) is 0 Å². The van der Waals surface area contributed by atoms with Gasteiger partial charge in [0.15, 0.2) is 0 Å². The van der Waals surface area contributed by atoms with Crippen molar-refractivity contribution in [1.82, 2.24) is 9.97 Å². The molecule has 0 aliphatic heterocycles. The minimum absolute atomic E-state index is 0.901. The number of rotatable bonds is 4. The van der Waals surface area contributed by atoms with Crippen LogP contribution in [-0.2, 0) is 0 Å². The third-order valence-electron chi connectivity index (χ3n) is 2.51. The number of hydrogen-bond acceptors (Lipinski definition) is 3. The Morgan fingerprint density at radius 3 is 2.88 bits per heavy atom. The number of hydrogen-bond donors (Lipinski definition) is 2. The van der Waals surface area contributed by atoms with Gasteiger partial charge in [-0.25, -0.2) is 9.97 Å². The van der Waals surface area contributed by atoms with E-state index in [4.69, 9.17) is 0 Å². The number of anilines is 1. The molecule has 1 aromatic heterocycles. The van der Waals surface area contributed by atoms with Crippen LogP contribution in [0.25, 0.3) is 10.9 Å². The number of nitrogens with zero attached hydrogens (tertiary/aromatic N) is 2. The maximum absolute atomic E-state index is 4.29. The summed E-state index contributed by atoms with van der Waals surface area (Å²) in [6.07, 6.45) is 1.60. The van der Waals surface area contributed by atoms with Crippen molar-refractivity contribution in [3.8, 4) is 0 Å². The van der Waals surface area contributed by atoms with E-state index in [2.05, 4.69) is 45.3 Å². The minimum Gasteiger partial charge on any atom is -0.364 e. The third kappa shape index (κ3) is 3.14. The highest BCUT2D eigenvalue weighted by Crippen LogP contribution is 2.22. The number of nitrogens with one attached hydrogen (secondary N) is 2. The van der Waals surface area contributed by atoms with E-state index in [1.807, 2.05) is 18.2 Å². The highest BCUT2D eigenvalue weighted by molar-refractivity contribution is 9.10. The molecule has 0 aliphatic carbocycles. The van der Waals surface area contributed by atoms with Gasteiger partial charge < -0.3 is 10.2 Å². The summed E-state index contributed by atoms with van der Waals surface area (Å²) in [5.74, 6) is 0.901. The Morgan fingerprint density at radius 2 is 2.12 bits per heavy atom. The SMILES string of the molecule is C[NH+](C)CCNc1ncnc2ccc(Br)cc12. The van der Waals surface area contributed by atoms with Crippen LogP contribution >= 0.6 is 15.9 Å². The molecule has 0 aliphatic rings. The molecular weight excluding hydrogens is 280 g/mol. The molecule has 90 valence electrons. The summed E-state index contributed by atoms with van der Waals surface area (Å²) >= 11 is 3.47. The van der Waals surface area contributed by atoms with Gasteiger partial charge in [0.1, 0.15) is 12.1 Å². The fourth-order valence-electron chi connectivity index (χ4n) is 1.60. The first-order chi connectivity index (χ1) is 8.16. The maximum atomic E-state index is 4.29. The van der Waals surface area contributed by atoms with Crippen molar-refractivity contribution in [3.63, 3.8) is 0 Å². The van der Waals surface area contributed by atoms with Gasteiger partial charge in [-0.1, -0.05) is 15.9 Å². The predicted octanol–water partition coefficient (Wildman–Crippen LogP) is 0.949. The lowest BCUT2D eigenvalue weighted by atomic mass is 10.2. The second-order valence-corrected chi connectivity index (χ2v) is 5.18. The molecule has 0 fully saturated rings. The van der Waals surface area contributed by atoms with E-state index in [1.54, 1.807) is 6.33 Å². The second kappa shape index (κ2) is 5.42. The van der Waals surface area contributed by atoms with Crippen LogP contribution in [0.3, 0.4) is 0 Å². The molecule has 5 heteroatoms. The van der Waals surface area contributed by atoms with Crippen molar-refractivity contribution >= 4 is 32.7 Å². The first-order valence-electron chi connectivity index (χ1n) is 5.60. The van der Waals surface area contributed by atoms with E-state index >= 15 is 0 Å². The van der Waals surface area contributed by atoms with E-state index in [9.17, 15) is 0 Å². The minimum atomic E-state index is 0.901. The molecule has 0 amide bonds. The Bertz CT molecular complexity index is 513. The van der Waals surface area contributed by atoms with E-state index in [1.165, 1.54) is 4.90 Å². The smallest absolute Gasteiger partial charge is 0.137 e. The molecule has 4 nitrogen and oxygen atoms in total. The molecule has 0 saturated carbocycles. The summed E-state index contributed by atoms with van der Waals surface area (Å²) in [7, 11) is 4.27. The third-order valence-corrected chi connectivity index (χ3v) is 3.01. The van der Waals surface area contributed by atoms with Crippen LogP contribution in [0.5, 0.6) is 0 Å². The average Bonchev–Trinajstić information content (AvgIpc) is 2.29. The van der Waals surface area contributed by atoms with Gasteiger partial charge in [0.05, 0.1) is 32.7 Å². The highest BCUT2D eigenvalue weighted by Gasteiger charge is 2.04. The molecule has 2 aromatic rings. The number of fused-ring (bicyclic) bond motifs is 1. The number of benzene rings is 1. The Labute approximate surface area is 109 Å². The quantitative estimate of drug-likeness (QED) is 0.883. The molecule has 2 rings (SSSR count). The number of aromatic nitrogens is 2. The van der Waals surface area contributed by atoms with E-state index < -0.39 is 0 Å². The molecule has 0 radical (unpaired) electrons. The van der Waals surface area contributed by atoms with E-state index in [-0.39, 0.29) is 0 Å². The van der Waals surface area contributed by atoms with E-state index in [0.29, 0.717) is 0 Å². The Balaban J connectivity index is 2.24. The molecule has 0 atom stereocenters. The lowest BCUT2D eigenvalue weighted by molar-refractivity contribution is -0.856. The van der Waals surface area contributed by atoms with Gasteiger partial charge in [0, 0.05) is 9.86 Å². The predicted molar refractivity (Wildman–Crippen MR) is 73.4 cm³/mol. The fourth-order valence-corrected chi connectivity index (χ4v) is 1.96. The van der Waals surface area contributed by atoms with Crippen molar-refractivity contribution in [1.29, 1.82) is 0 Å². The standard InChI is InChI=1S/C12H15BrN4/c1-17(2)6-5-14-12-10-7-9(13)3-4-11(10)15-8-16-12/h3-4,7-8H,5-6H2,1-2H3,(H,14,15,16)/p+1. The summed E-state index contributed by atoms with van der Waals surface area (Å²) in [5, 5.41) is 4.40. The zero-order chi connectivity index (χ0) is 12.3. The molecule has 0 bridgehead atoms. The molecule has 1 heterocycles. The topological polar surface area (TPSA) is 42.2 Å². The van der Waals surface area contributed by atoms with Gasteiger partial charge >= 0.3 is 0 Å². The lowest BCUT2D eigenvalue weighted by Gasteiger charge is -2.10. The number of quaternary nitrogens is 1. The Morgan fingerprint density at radius 1 is 1.29 bits per heavy atom. The largest absolute Gasteiger partial charge is 0.364 e. The summed E-state index contributed by atoms with van der Waals surface area (Å²) in [6, 6.07) is 6.02. The van der Waals surface area contributed by atoms with Crippen LogP contribution in [0.1, 0.15) is 0 Å². The highest BCUT2D eigenvalue weighted by atomic mass is 79.9. The average molecular weight is 296 g/mol. The Kier molecular flexibility index (Phi) is 3.91. The van der Waals surface area contributed by atoms with Crippen molar-refractivity contribution in [2.45, 2.75) is 0 Å². The summed E-state index contributed by atoms with van der Waals surface area (Å²) < 4.78 is 1.04. The molecule has 0 unspecified atom stereocenters. The van der Waals surface area contributed by atoms with Crippen molar-refractivity contribution < 1.29 is 4.90 Å². The monoisotopic (exact) mass is 295 g/mol. The molecule has 2 N–H and O–H groups in total. The second-order valence-electron chi connectivity index (χ2n) is 4.27. The van der Waals surface area contributed by atoms with E-state index in [0.717, 1.165) is 34.3 Å². The number of halogens is 1. The van der Waals surface area contributed by atoms with Crippen LogP contribution < -0.4 is 10.2 Å². The molecule has 0 saturated heterocycles. The van der Waals surface area contributed by atoms with Gasteiger partial charge in [-0.15, -0.1) is 0 Å². The molecule has 17 heavy (non-hydrogen) atoms. The molecular formula is C12H16BrN4+. The first kappa shape index (κ1) is 12.3. The zero-order valence-corrected chi connectivity index (χ0v) is 11.6. The molecule has 1 aromatic carbocycles. The Hall–Kier alpha value is -1.20. The van der Waals surface area contributed by atoms with Crippen LogP contribution in [0.15, 0.2) is 29.0 Å². The maximum Gasteiger partial charge on any atom is 0.137 e. The van der Waals surface area contributed by atoms with Gasteiger partial charge in [0.25, 0.3) is 0 Å². The van der Waals surface area contributed by atoms with Crippen LogP contribution in [0, 0.1) is 0 Å².